The number of aryl methyl sites for hydroxylation is 1. The van der Waals surface area contributed by atoms with Crippen LogP contribution in [-0.4, -0.2) is 13.0 Å². The van der Waals surface area contributed by atoms with Gasteiger partial charge in [0.1, 0.15) is 15.8 Å². The van der Waals surface area contributed by atoms with Crippen molar-refractivity contribution in [1.82, 2.24) is 0 Å². The molecule has 0 aliphatic carbocycles. The third kappa shape index (κ3) is 5.52. The van der Waals surface area contributed by atoms with E-state index in [1.807, 2.05) is 12.1 Å². The molecule has 0 spiro atoms. The summed E-state index contributed by atoms with van der Waals surface area (Å²) in [6, 6.07) is 13.2. The Labute approximate surface area is 112 Å². The lowest BCUT2D eigenvalue weighted by molar-refractivity contribution is -0.254. The highest BCUT2D eigenvalue weighted by Crippen LogP contribution is 2.10. The molecule has 6 heteroatoms. The summed E-state index contributed by atoms with van der Waals surface area (Å²) in [6.07, 6.45) is 0. The van der Waals surface area contributed by atoms with Gasteiger partial charge in [-0.25, -0.2) is 8.42 Å². The van der Waals surface area contributed by atoms with Gasteiger partial charge >= 0.3 is 0 Å². The van der Waals surface area contributed by atoms with Crippen LogP contribution >= 0.6 is 0 Å². The fourth-order valence-electron chi connectivity index (χ4n) is 1.22. The summed E-state index contributed by atoms with van der Waals surface area (Å²) >= 11 is 0. The fraction of sp³-hybridized carbons (Fsp3) is 0.0769. The molecule has 102 valence electrons. The Hall–Kier alpha value is -1.89. The molecule has 0 unspecified atom stereocenters. The van der Waals surface area contributed by atoms with E-state index in [2.05, 4.69) is 24.8 Å². The fourth-order valence-corrected chi connectivity index (χ4v) is 1.69. The van der Waals surface area contributed by atoms with Crippen LogP contribution in [0.2, 0.25) is 0 Å². The van der Waals surface area contributed by atoms with Crippen molar-refractivity contribution in [2.75, 3.05) is 5.73 Å². The molecule has 0 aromatic heterocycles. The summed E-state index contributed by atoms with van der Waals surface area (Å²) in [6.45, 7) is 2.07. The van der Waals surface area contributed by atoms with E-state index >= 15 is 0 Å². The molecule has 2 aromatic rings. The maximum absolute atomic E-state index is 10.3. The minimum absolute atomic E-state index is 0.258. The molecule has 0 atom stereocenters. The summed E-state index contributed by atoms with van der Waals surface area (Å²) in [5.41, 5.74) is 11.8. The van der Waals surface area contributed by atoms with E-state index in [0.717, 1.165) is 5.69 Å². The average Bonchev–Trinajstić information content (AvgIpc) is 2.33. The monoisotopic (exact) mass is 280 g/mol. The number of rotatable bonds is 1. The molecule has 5 N–H and O–H groups in total. The van der Waals surface area contributed by atoms with Gasteiger partial charge in [0, 0.05) is 5.69 Å². The molecule has 0 saturated carbocycles. The number of benzene rings is 2. The van der Waals surface area contributed by atoms with Crippen LogP contribution in [0, 0.1) is 6.92 Å². The SMILES string of the molecule is Cc1ccc([NH3+])cc1.Nc1ccc(S(=O)(=O)[O-])cc1. The molecule has 19 heavy (non-hydrogen) atoms. The second-order valence-electron chi connectivity index (χ2n) is 4.01. The minimum Gasteiger partial charge on any atom is -0.744 e. The summed E-state index contributed by atoms with van der Waals surface area (Å²) in [4.78, 5) is -0.258. The molecule has 0 amide bonds. The van der Waals surface area contributed by atoms with E-state index in [-0.39, 0.29) is 4.90 Å². The number of nitrogens with two attached hydrogens (primary N) is 1. The van der Waals surface area contributed by atoms with E-state index in [4.69, 9.17) is 5.73 Å². The normalized spacial score (nSPS) is 10.5. The highest BCUT2D eigenvalue weighted by molar-refractivity contribution is 7.85. The van der Waals surface area contributed by atoms with Crippen LogP contribution in [0.3, 0.4) is 0 Å². The van der Waals surface area contributed by atoms with Crippen molar-refractivity contribution in [3.05, 3.63) is 54.1 Å². The number of hydrogen-bond donors (Lipinski definition) is 2. The van der Waals surface area contributed by atoms with Crippen LogP contribution in [-0.2, 0) is 10.1 Å². The molecule has 2 rings (SSSR count). The lowest BCUT2D eigenvalue weighted by atomic mass is 10.2. The van der Waals surface area contributed by atoms with Gasteiger partial charge < -0.3 is 16.0 Å². The zero-order valence-electron chi connectivity index (χ0n) is 10.5. The molecule has 0 saturated heterocycles. The summed E-state index contributed by atoms with van der Waals surface area (Å²) in [5, 5.41) is 0. The smallest absolute Gasteiger partial charge is 0.127 e. The first-order valence-electron chi connectivity index (χ1n) is 5.49. The molecule has 5 nitrogen and oxygen atoms in total. The van der Waals surface area contributed by atoms with E-state index < -0.39 is 10.1 Å². The first kappa shape index (κ1) is 15.2. The van der Waals surface area contributed by atoms with Gasteiger partial charge in [-0.2, -0.15) is 0 Å². The number of quaternary nitrogens is 1. The van der Waals surface area contributed by atoms with E-state index in [1.165, 1.54) is 29.8 Å². The largest absolute Gasteiger partial charge is 0.744 e. The van der Waals surface area contributed by atoms with Crippen molar-refractivity contribution in [3.8, 4) is 0 Å². The van der Waals surface area contributed by atoms with Crippen LogP contribution in [0.1, 0.15) is 5.56 Å². The second-order valence-corrected chi connectivity index (χ2v) is 5.39. The first-order valence-corrected chi connectivity index (χ1v) is 6.90. The van der Waals surface area contributed by atoms with Crippen molar-refractivity contribution < 1.29 is 18.7 Å². The predicted octanol–water partition coefficient (Wildman–Crippen LogP) is 1.04. The Balaban J connectivity index is 0.000000200. The van der Waals surface area contributed by atoms with Crippen LogP contribution in [0.15, 0.2) is 53.4 Å². The molecule has 0 aliphatic heterocycles. The van der Waals surface area contributed by atoms with Gasteiger partial charge in [-0.3, -0.25) is 0 Å². The van der Waals surface area contributed by atoms with Crippen molar-refractivity contribution in [2.24, 2.45) is 0 Å². The number of nitrogen functional groups attached to an aromatic ring is 1. The lowest BCUT2D eigenvalue weighted by Gasteiger charge is -2.05. The molecule has 0 fully saturated rings. The lowest BCUT2D eigenvalue weighted by Crippen LogP contribution is -2.39. The van der Waals surface area contributed by atoms with Gasteiger partial charge in [-0.1, -0.05) is 17.7 Å². The average molecular weight is 280 g/mol. The van der Waals surface area contributed by atoms with Crippen LogP contribution in [0.5, 0.6) is 0 Å². The maximum Gasteiger partial charge on any atom is 0.127 e. The van der Waals surface area contributed by atoms with Gasteiger partial charge in [0.05, 0.1) is 4.90 Å². The van der Waals surface area contributed by atoms with Crippen molar-refractivity contribution in [1.29, 1.82) is 0 Å². The van der Waals surface area contributed by atoms with Crippen LogP contribution in [0.25, 0.3) is 0 Å². The summed E-state index contributed by atoms with van der Waals surface area (Å²) in [5.74, 6) is 0. The number of hydrogen-bond acceptors (Lipinski definition) is 4. The van der Waals surface area contributed by atoms with Crippen molar-refractivity contribution in [2.45, 2.75) is 11.8 Å². The van der Waals surface area contributed by atoms with E-state index in [0.29, 0.717) is 5.69 Å². The maximum atomic E-state index is 10.3. The topological polar surface area (TPSA) is 111 Å². The first-order chi connectivity index (χ1) is 8.79. The van der Waals surface area contributed by atoms with Gasteiger partial charge in [-0.15, -0.1) is 0 Å². The Morgan fingerprint density at radius 3 is 1.84 bits per heavy atom. The third-order valence-electron chi connectivity index (χ3n) is 2.29. The van der Waals surface area contributed by atoms with Crippen molar-refractivity contribution >= 4 is 21.5 Å². The highest BCUT2D eigenvalue weighted by Gasteiger charge is 1.98. The zero-order chi connectivity index (χ0) is 14.5. The van der Waals surface area contributed by atoms with Gasteiger partial charge in [0.15, 0.2) is 0 Å². The quantitative estimate of drug-likeness (QED) is 0.600. The molecular formula is C13H16N2O3S. The van der Waals surface area contributed by atoms with E-state index in [9.17, 15) is 13.0 Å². The molecular weight excluding hydrogens is 264 g/mol. The number of anilines is 1. The minimum atomic E-state index is -4.33. The molecule has 0 bridgehead atoms. The predicted molar refractivity (Wildman–Crippen MR) is 72.5 cm³/mol. The van der Waals surface area contributed by atoms with Crippen LogP contribution < -0.4 is 11.5 Å². The van der Waals surface area contributed by atoms with Gasteiger partial charge in [-0.05, 0) is 43.3 Å². The second kappa shape index (κ2) is 6.33. The third-order valence-corrected chi connectivity index (χ3v) is 3.14. The Morgan fingerprint density at radius 1 is 1.00 bits per heavy atom. The summed E-state index contributed by atoms with van der Waals surface area (Å²) in [7, 11) is -4.33. The standard InChI is InChI=1S/C7H9N.C6H7NO3S/c1-6-2-4-7(8)5-3-6;7-5-1-3-6(4-2-5)11(8,9)10/h2-5H,8H2,1H3;1-4H,7H2,(H,8,9,10). The molecule has 2 aromatic carbocycles. The zero-order valence-corrected chi connectivity index (χ0v) is 11.4. The van der Waals surface area contributed by atoms with Crippen molar-refractivity contribution in [3.63, 3.8) is 0 Å². The van der Waals surface area contributed by atoms with Gasteiger partial charge in [0.2, 0.25) is 0 Å². The highest BCUT2D eigenvalue weighted by atomic mass is 32.2. The Kier molecular flexibility index (Phi) is 5.05. The summed E-state index contributed by atoms with van der Waals surface area (Å²) < 4.78 is 31.0. The molecule has 0 radical (unpaired) electrons. The van der Waals surface area contributed by atoms with Crippen LogP contribution in [0.4, 0.5) is 11.4 Å². The Morgan fingerprint density at radius 2 is 1.47 bits per heavy atom. The van der Waals surface area contributed by atoms with E-state index in [1.54, 1.807) is 0 Å². The molecule has 0 heterocycles. The van der Waals surface area contributed by atoms with Gasteiger partial charge in [0.25, 0.3) is 0 Å². The molecule has 0 aliphatic rings. The Bertz CT molecular complexity index is 599.